The zero-order valence-electron chi connectivity index (χ0n) is 7.78. The molecule has 14 heavy (non-hydrogen) atoms. The maximum absolute atomic E-state index is 11.8. The molecule has 3 nitrogen and oxygen atoms in total. The van der Waals surface area contributed by atoms with E-state index in [1.54, 1.807) is 19.1 Å². The number of rotatable bonds is 4. The lowest BCUT2D eigenvalue weighted by Gasteiger charge is -2.07. The van der Waals surface area contributed by atoms with Gasteiger partial charge < -0.3 is 10.5 Å². The summed E-state index contributed by atoms with van der Waals surface area (Å²) in [6, 6.07) is 3.07. The van der Waals surface area contributed by atoms with Gasteiger partial charge in [-0.3, -0.25) is 4.98 Å². The van der Waals surface area contributed by atoms with E-state index in [9.17, 15) is 8.78 Å². The molecular weight excluding hydrogens is 190 g/mol. The van der Waals surface area contributed by atoms with Gasteiger partial charge in [-0.1, -0.05) is 0 Å². The summed E-state index contributed by atoms with van der Waals surface area (Å²) >= 11 is 0. The largest absolute Gasteiger partial charge is 0.486 e. The number of aromatic nitrogens is 1. The molecule has 1 rings (SSSR count). The van der Waals surface area contributed by atoms with Crippen LogP contribution in [-0.4, -0.2) is 18.0 Å². The van der Waals surface area contributed by atoms with Crippen molar-refractivity contribution in [1.82, 2.24) is 4.98 Å². The van der Waals surface area contributed by atoms with Crippen LogP contribution in [0.25, 0.3) is 0 Å². The van der Waals surface area contributed by atoms with Crippen LogP contribution in [0.5, 0.6) is 5.75 Å². The van der Waals surface area contributed by atoms with Crippen molar-refractivity contribution in [2.75, 3.05) is 6.61 Å². The number of hydrogen-bond acceptors (Lipinski definition) is 3. The normalized spacial score (nSPS) is 12.9. The van der Waals surface area contributed by atoms with Crippen LogP contribution in [0, 0.1) is 0 Å². The SMILES string of the molecule is C[C@@H](N)c1ccc(OCC(F)F)cn1. The second-order valence-electron chi connectivity index (χ2n) is 2.91. The lowest BCUT2D eigenvalue weighted by Crippen LogP contribution is -2.09. The lowest BCUT2D eigenvalue weighted by atomic mass is 10.2. The van der Waals surface area contributed by atoms with Crippen molar-refractivity contribution in [1.29, 1.82) is 0 Å². The van der Waals surface area contributed by atoms with Gasteiger partial charge in [-0.2, -0.15) is 0 Å². The summed E-state index contributed by atoms with van der Waals surface area (Å²) in [5, 5.41) is 0. The molecule has 1 aromatic rings. The molecule has 2 N–H and O–H groups in total. The van der Waals surface area contributed by atoms with Crippen LogP contribution in [-0.2, 0) is 0 Å². The molecule has 0 saturated heterocycles. The van der Waals surface area contributed by atoms with Gasteiger partial charge >= 0.3 is 0 Å². The van der Waals surface area contributed by atoms with E-state index in [-0.39, 0.29) is 6.04 Å². The Morgan fingerprint density at radius 3 is 2.64 bits per heavy atom. The highest BCUT2D eigenvalue weighted by Gasteiger charge is 2.04. The third-order valence-corrected chi connectivity index (χ3v) is 1.60. The first-order chi connectivity index (χ1) is 6.59. The Labute approximate surface area is 80.9 Å². The molecule has 0 radical (unpaired) electrons. The van der Waals surface area contributed by atoms with Gasteiger partial charge in [-0.05, 0) is 19.1 Å². The first kappa shape index (κ1) is 10.8. The first-order valence-corrected chi connectivity index (χ1v) is 4.22. The zero-order valence-corrected chi connectivity index (χ0v) is 7.78. The fraction of sp³-hybridized carbons (Fsp3) is 0.444. The molecule has 1 atom stereocenters. The summed E-state index contributed by atoms with van der Waals surface area (Å²) in [7, 11) is 0. The van der Waals surface area contributed by atoms with E-state index in [2.05, 4.69) is 4.98 Å². The maximum Gasteiger partial charge on any atom is 0.272 e. The Morgan fingerprint density at radius 1 is 1.50 bits per heavy atom. The van der Waals surface area contributed by atoms with Gasteiger partial charge in [-0.15, -0.1) is 0 Å². The minimum Gasteiger partial charge on any atom is -0.486 e. The van der Waals surface area contributed by atoms with Crippen LogP contribution >= 0.6 is 0 Å². The van der Waals surface area contributed by atoms with E-state index in [1.165, 1.54) is 6.20 Å². The second-order valence-corrected chi connectivity index (χ2v) is 2.91. The third kappa shape index (κ3) is 3.26. The average molecular weight is 202 g/mol. The molecule has 0 aromatic carbocycles. The number of hydrogen-bond donors (Lipinski definition) is 1. The van der Waals surface area contributed by atoms with E-state index in [4.69, 9.17) is 10.5 Å². The molecular formula is C9H12F2N2O. The summed E-state index contributed by atoms with van der Waals surface area (Å²) in [6.07, 6.45) is -1.08. The molecule has 0 saturated carbocycles. The van der Waals surface area contributed by atoms with Crippen molar-refractivity contribution in [3.05, 3.63) is 24.0 Å². The van der Waals surface area contributed by atoms with E-state index in [1.807, 2.05) is 0 Å². The van der Waals surface area contributed by atoms with Gasteiger partial charge in [0.25, 0.3) is 6.43 Å². The Kier molecular flexibility index (Phi) is 3.76. The quantitative estimate of drug-likeness (QED) is 0.809. The number of ether oxygens (including phenoxy) is 1. The number of pyridine rings is 1. The number of halogens is 2. The van der Waals surface area contributed by atoms with Crippen molar-refractivity contribution < 1.29 is 13.5 Å². The van der Waals surface area contributed by atoms with Crippen LogP contribution in [0.2, 0.25) is 0 Å². The Hall–Kier alpha value is -1.23. The molecule has 1 heterocycles. The minimum absolute atomic E-state index is 0.167. The molecule has 1 aromatic heterocycles. The van der Waals surface area contributed by atoms with Crippen LogP contribution < -0.4 is 10.5 Å². The fourth-order valence-corrected chi connectivity index (χ4v) is 0.906. The van der Waals surface area contributed by atoms with Gasteiger partial charge in [-0.25, -0.2) is 8.78 Å². The summed E-state index contributed by atoms with van der Waals surface area (Å²) in [6.45, 7) is 1.18. The van der Waals surface area contributed by atoms with Crippen LogP contribution in [0.15, 0.2) is 18.3 Å². The monoisotopic (exact) mass is 202 g/mol. The zero-order chi connectivity index (χ0) is 10.6. The molecule has 0 bridgehead atoms. The Bertz CT molecular complexity index is 275. The highest BCUT2D eigenvalue weighted by molar-refractivity contribution is 5.21. The number of alkyl halides is 2. The van der Waals surface area contributed by atoms with Gasteiger partial charge in [0.2, 0.25) is 0 Å². The molecule has 0 aliphatic rings. The van der Waals surface area contributed by atoms with E-state index in [0.29, 0.717) is 11.4 Å². The second kappa shape index (κ2) is 4.85. The summed E-state index contributed by atoms with van der Waals surface area (Å²) in [5.74, 6) is 0.328. The van der Waals surface area contributed by atoms with Crippen LogP contribution in [0.3, 0.4) is 0 Å². The van der Waals surface area contributed by atoms with Crippen molar-refractivity contribution in [3.63, 3.8) is 0 Å². The van der Waals surface area contributed by atoms with Crippen molar-refractivity contribution in [3.8, 4) is 5.75 Å². The van der Waals surface area contributed by atoms with E-state index >= 15 is 0 Å². The van der Waals surface area contributed by atoms with E-state index in [0.717, 1.165) is 0 Å². The Balaban J connectivity index is 2.55. The van der Waals surface area contributed by atoms with Crippen molar-refractivity contribution in [2.24, 2.45) is 5.73 Å². The predicted molar refractivity (Wildman–Crippen MR) is 48.3 cm³/mol. The molecule has 0 fully saturated rings. The van der Waals surface area contributed by atoms with Gasteiger partial charge in [0.15, 0.2) is 0 Å². The Morgan fingerprint density at radius 2 is 2.21 bits per heavy atom. The smallest absolute Gasteiger partial charge is 0.272 e. The van der Waals surface area contributed by atoms with Gasteiger partial charge in [0.1, 0.15) is 12.4 Å². The predicted octanol–water partition coefficient (Wildman–Crippen LogP) is 1.75. The number of nitrogens with zero attached hydrogens (tertiary/aromatic N) is 1. The minimum atomic E-state index is -2.47. The highest BCUT2D eigenvalue weighted by atomic mass is 19.3. The van der Waals surface area contributed by atoms with Crippen molar-refractivity contribution in [2.45, 2.75) is 19.4 Å². The fourth-order valence-electron chi connectivity index (χ4n) is 0.906. The summed E-state index contributed by atoms with van der Waals surface area (Å²) < 4.78 is 28.3. The van der Waals surface area contributed by atoms with Gasteiger partial charge in [0.05, 0.1) is 11.9 Å². The standard InChI is InChI=1S/C9H12F2N2O/c1-6(12)8-3-2-7(4-13-8)14-5-9(10)11/h2-4,6,9H,5,12H2,1H3/t6-/m1/s1. The molecule has 0 aliphatic heterocycles. The molecule has 78 valence electrons. The highest BCUT2D eigenvalue weighted by Crippen LogP contribution is 2.13. The number of nitrogens with two attached hydrogens (primary N) is 1. The molecule has 5 heteroatoms. The van der Waals surface area contributed by atoms with E-state index < -0.39 is 13.0 Å². The maximum atomic E-state index is 11.8. The summed E-state index contributed by atoms with van der Waals surface area (Å²) in [4.78, 5) is 3.96. The van der Waals surface area contributed by atoms with Crippen LogP contribution in [0.4, 0.5) is 8.78 Å². The van der Waals surface area contributed by atoms with Gasteiger partial charge in [0, 0.05) is 6.04 Å². The lowest BCUT2D eigenvalue weighted by molar-refractivity contribution is 0.0817. The topological polar surface area (TPSA) is 48.1 Å². The molecule has 0 unspecified atom stereocenters. The molecule has 0 aliphatic carbocycles. The molecule has 0 spiro atoms. The van der Waals surface area contributed by atoms with Crippen LogP contribution in [0.1, 0.15) is 18.7 Å². The third-order valence-electron chi connectivity index (χ3n) is 1.60. The first-order valence-electron chi connectivity index (χ1n) is 4.22. The van der Waals surface area contributed by atoms with Crippen molar-refractivity contribution >= 4 is 0 Å². The summed E-state index contributed by atoms with van der Waals surface area (Å²) in [5.41, 5.74) is 6.27. The molecule has 0 amide bonds. The average Bonchev–Trinajstić information content (AvgIpc) is 2.15.